The zero-order valence-electron chi connectivity index (χ0n) is 18.2. The van der Waals surface area contributed by atoms with Crippen LogP contribution in [0.1, 0.15) is 29.8 Å². The van der Waals surface area contributed by atoms with Gasteiger partial charge < -0.3 is 20.3 Å². The van der Waals surface area contributed by atoms with Gasteiger partial charge in [-0.2, -0.15) is 0 Å². The second kappa shape index (κ2) is 12.8. The molecule has 0 aliphatic carbocycles. The fourth-order valence-electron chi connectivity index (χ4n) is 3.16. The van der Waals surface area contributed by atoms with E-state index < -0.39 is 6.04 Å². The summed E-state index contributed by atoms with van der Waals surface area (Å²) >= 11 is 0. The quantitative estimate of drug-likeness (QED) is 0.530. The van der Waals surface area contributed by atoms with Crippen molar-refractivity contribution in [2.45, 2.75) is 26.3 Å². The van der Waals surface area contributed by atoms with E-state index in [4.69, 9.17) is 4.74 Å². The summed E-state index contributed by atoms with van der Waals surface area (Å²) in [6.07, 6.45) is 0.429. The van der Waals surface area contributed by atoms with Crippen molar-refractivity contribution in [2.75, 3.05) is 39.8 Å². The molecule has 6 nitrogen and oxygen atoms in total. The monoisotopic (exact) mass is 411 g/mol. The number of likely N-dealkylation sites (N-methyl/N-ethyl adjacent to an activating group) is 2. The summed E-state index contributed by atoms with van der Waals surface area (Å²) in [5.74, 6) is 0.500. The van der Waals surface area contributed by atoms with E-state index in [1.165, 1.54) is 0 Å². The lowest BCUT2D eigenvalue weighted by molar-refractivity contribution is -0.119. The molecule has 2 N–H and O–H groups in total. The van der Waals surface area contributed by atoms with Crippen LogP contribution >= 0.6 is 0 Å². The molecule has 0 bridgehead atoms. The highest BCUT2D eigenvalue weighted by Crippen LogP contribution is 2.14. The minimum atomic E-state index is -0.598. The molecule has 2 aromatic rings. The third-order valence-corrected chi connectivity index (χ3v) is 5.01. The van der Waals surface area contributed by atoms with E-state index in [9.17, 15) is 9.59 Å². The fraction of sp³-hybridized carbons (Fsp3) is 0.417. The van der Waals surface area contributed by atoms with Crippen molar-refractivity contribution in [3.8, 4) is 5.75 Å². The van der Waals surface area contributed by atoms with Crippen molar-refractivity contribution in [1.29, 1.82) is 0 Å². The van der Waals surface area contributed by atoms with Gasteiger partial charge in [0, 0.05) is 12.1 Å². The zero-order chi connectivity index (χ0) is 21.8. The number of nitrogens with zero attached hydrogens (tertiary/aromatic N) is 1. The van der Waals surface area contributed by atoms with Gasteiger partial charge in [-0.25, -0.2) is 0 Å². The molecule has 0 saturated carbocycles. The molecule has 0 aliphatic rings. The second-order valence-corrected chi connectivity index (χ2v) is 7.11. The third-order valence-electron chi connectivity index (χ3n) is 5.01. The minimum absolute atomic E-state index is 0.0543. The molecule has 6 heteroatoms. The van der Waals surface area contributed by atoms with Crippen LogP contribution in [0.15, 0.2) is 54.6 Å². The van der Waals surface area contributed by atoms with Crippen molar-refractivity contribution in [2.24, 2.45) is 0 Å². The van der Waals surface area contributed by atoms with Crippen LogP contribution in [0, 0.1) is 0 Å². The summed E-state index contributed by atoms with van der Waals surface area (Å²) in [5, 5.41) is 5.75. The van der Waals surface area contributed by atoms with Crippen LogP contribution in [0.2, 0.25) is 0 Å². The molecule has 162 valence electrons. The average Bonchev–Trinajstić information content (AvgIpc) is 2.78. The normalized spacial score (nSPS) is 11.9. The Morgan fingerprint density at radius 3 is 2.27 bits per heavy atom. The molecule has 0 heterocycles. The van der Waals surface area contributed by atoms with Gasteiger partial charge in [0.05, 0.1) is 12.6 Å². The molecule has 1 unspecified atom stereocenters. The molecule has 2 rings (SSSR count). The Bertz CT molecular complexity index is 774. The number of ketones is 1. The Hall–Kier alpha value is -2.70. The van der Waals surface area contributed by atoms with Crippen molar-refractivity contribution >= 4 is 11.7 Å². The molecule has 30 heavy (non-hydrogen) atoms. The van der Waals surface area contributed by atoms with Gasteiger partial charge >= 0.3 is 0 Å². The Balaban J connectivity index is 1.97. The molecule has 0 spiro atoms. The smallest absolute Gasteiger partial charge is 0.251 e. The Kier molecular flexibility index (Phi) is 10.0. The predicted octanol–water partition coefficient (Wildman–Crippen LogP) is 2.54. The number of nitrogens with one attached hydrogen (secondary N) is 2. The molecule has 1 amide bonds. The minimum Gasteiger partial charge on any atom is -0.492 e. The van der Waals surface area contributed by atoms with Gasteiger partial charge in [0.1, 0.15) is 12.4 Å². The molecule has 2 aromatic carbocycles. The van der Waals surface area contributed by atoms with Crippen LogP contribution in [0.25, 0.3) is 0 Å². The van der Waals surface area contributed by atoms with Crippen molar-refractivity contribution < 1.29 is 14.3 Å². The van der Waals surface area contributed by atoms with Gasteiger partial charge in [0.15, 0.2) is 5.78 Å². The molecule has 0 saturated heterocycles. The van der Waals surface area contributed by atoms with Crippen molar-refractivity contribution in [1.82, 2.24) is 15.5 Å². The maximum atomic E-state index is 12.5. The van der Waals surface area contributed by atoms with Gasteiger partial charge in [-0.15, -0.1) is 0 Å². The van der Waals surface area contributed by atoms with E-state index in [1.807, 2.05) is 30.3 Å². The molecular formula is C24H33N3O3. The lowest BCUT2D eigenvalue weighted by Crippen LogP contribution is -2.45. The Labute approximate surface area is 179 Å². The number of benzene rings is 2. The first kappa shape index (κ1) is 23.6. The Morgan fingerprint density at radius 1 is 1.00 bits per heavy atom. The van der Waals surface area contributed by atoms with Crippen LogP contribution in [0.4, 0.5) is 0 Å². The SMILES string of the molecule is CCN(CC)CCOc1ccc(CC(NC(=O)c2ccccc2)C(=O)CNC)cc1. The molecule has 0 aromatic heterocycles. The van der Waals surface area contributed by atoms with Gasteiger partial charge in [0.2, 0.25) is 0 Å². The lowest BCUT2D eigenvalue weighted by Gasteiger charge is -2.19. The number of hydrogen-bond acceptors (Lipinski definition) is 5. The maximum absolute atomic E-state index is 12.5. The van der Waals surface area contributed by atoms with Gasteiger partial charge in [-0.05, 0) is 56.4 Å². The molecule has 0 fully saturated rings. The Morgan fingerprint density at radius 2 is 1.67 bits per heavy atom. The number of rotatable bonds is 13. The summed E-state index contributed by atoms with van der Waals surface area (Å²) < 4.78 is 5.82. The number of amides is 1. The summed E-state index contributed by atoms with van der Waals surface area (Å²) in [4.78, 5) is 27.4. The number of hydrogen-bond donors (Lipinski definition) is 2. The first-order valence-electron chi connectivity index (χ1n) is 10.5. The van der Waals surface area contributed by atoms with Crippen molar-refractivity contribution in [3.05, 3.63) is 65.7 Å². The van der Waals surface area contributed by atoms with Gasteiger partial charge in [-0.3, -0.25) is 9.59 Å². The van der Waals surface area contributed by atoms with E-state index in [0.29, 0.717) is 18.6 Å². The van der Waals surface area contributed by atoms with E-state index in [2.05, 4.69) is 29.4 Å². The highest BCUT2D eigenvalue weighted by atomic mass is 16.5. The predicted molar refractivity (Wildman–Crippen MR) is 120 cm³/mol. The summed E-state index contributed by atoms with van der Waals surface area (Å²) in [5.41, 5.74) is 1.51. The molecule has 0 radical (unpaired) electrons. The zero-order valence-corrected chi connectivity index (χ0v) is 18.2. The molecule has 0 aliphatic heterocycles. The summed E-state index contributed by atoms with van der Waals surface area (Å²) in [6.45, 7) is 8.02. The van der Waals surface area contributed by atoms with Crippen molar-refractivity contribution in [3.63, 3.8) is 0 Å². The van der Waals surface area contributed by atoms with E-state index in [-0.39, 0.29) is 18.2 Å². The topological polar surface area (TPSA) is 70.7 Å². The van der Waals surface area contributed by atoms with Crippen LogP contribution in [0.5, 0.6) is 5.75 Å². The third kappa shape index (κ3) is 7.61. The second-order valence-electron chi connectivity index (χ2n) is 7.11. The highest BCUT2D eigenvalue weighted by molar-refractivity contribution is 5.98. The van der Waals surface area contributed by atoms with Crippen LogP contribution in [0.3, 0.4) is 0 Å². The van der Waals surface area contributed by atoms with Crippen LogP contribution < -0.4 is 15.4 Å². The molecular weight excluding hydrogens is 378 g/mol. The van der Waals surface area contributed by atoms with Gasteiger partial charge in [-0.1, -0.05) is 44.2 Å². The largest absolute Gasteiger partial charge is 0.492 e. The van der Waals surface area contributed by atoms with E-state index >= 15 is 0 Å². The maximum Gasteiger partial charge on any atom is 0.251 e. The van der Waals surface area contributed by atoms with E-state index in [0.717, 1.165) is 30.9 Å². The van der Waals surface area contributed by atoms with Crippen LogP contribution in [-0.4, -0.2) is 62.5 Å². The standard InChI is InChI=1S/C24H33N3O3/c1-4-27(5-2)15-16-30-21-13-11-19(12-14-21)17-22(23(28)18-25-3)26-24(29)20-9-7-6-8-10-20/h6-14,22,25H,4-5,15-18H2,1-3H3,(H,26,29). The summed E-state index contributed by atoms with van der Waals surface area (Å²) in [7, 11) is 1.72. The van der Waals surface area contributed by atoms with Gasteiger partial charge in [0.25, 0.3) is 5.91 Å². The first-order chi connectivity index (χ1) is 14.6. The fourth-order valence-corrected chi connectivity index (χ4v) is 3.16. The number of ether oxygens (including phenoxy) is 1. The molecule has 1 atom stereocenters. The highest BCUT2D eigenvalue weighted by Gasteiger charge is 2.21. The first-order valence-corrected chi connectivity index (χ1v) is 10.5. The van der Waals surface area contributed by atoms with Crippen LogP contribution in [-0.2, 0) is 11.2 Å². The average molecular weight is 412 g/mol. The summed E-state index contributed by atoms with van der Waals surface area (Å²) in [6, 6.07) is 16.1. The van der Waals surface area contributed by atoms with E-state index in [1.54, 1.807) is 31.3 Å². The number of carbonyl (C=O) groups excluding carboxylic acids is 2. The number of carbonyl (C=O) groups is 2. The number of Topliss-reactive ketones (excluding diaryl/α,β-unsaturated/α-hetero) is 1. The lowest BCUT2D eigenvalue weighted by atomic mass is 10.0.